The lowest BCUT2D eigenvalue weighted by atomic mass is 10.1. The largest absolute Gasteiger partial charge is 0.385 e. The lowest BCUT2D eigenvalue weighted by Crippen LogP contribution is -2.14. The van der Waals surface area contributed by atoms with Crippen molar-refractivity contribution < 1.29 is 4.79 Å². The molecule has 0 aliphatic heterocycles. The van der Waals surface area contributed by atoms with Crippen molar-refractivity contribution in [3.8, 4) is 0 Å². The van der Waals surface area contributed by atoms with E-state index in [0.717, 1.165) is 24.3 Å². The van der Waals surface area contributed by atoms with Crippen LogP contribution in [0.4, 0.5) is 11.4 Å². The van der Waals surface area contributed by atoms with Crippen molar-refractivity contribution in [1.29, 1.82) is 0 Å². The Hall–Kier alpha value is -2.36. The van der Waals surface area contributed by atoms with Gasteiger partial charge in [-0.05, 0) is 43.2 Å². The SMILES string of the molecule is CCNc1ccnc(C(=O)Nc2cccc(CC)c2)c1. The minimum atomic E-state index is -0.196. The van der Waals surface area contributed by atoms with Crippen LogP contribution in [-0.2, 0) is 6.42 Å². The van der Waals surface area contributed by atoms with Gasteiger partial charge >= 0.3 is 0 Å². The predicted octanol–water partition coefficient (Wildman–Crippen LogP) is 3.33. The van der Waals surface area contributed by atoms with Crippen LogP contribution in [0.5, 0.6) is 0 Å². The molecule has 1 aromatic heterocycles. The number of hydrogen-bond donors (Lipinski definition) is 2. The molecule has 1 amide bonds. The second-order valence-electron chi connectivity index (χ2n) is 4.47. The van der Waals surface area contributed by atoms with Gasteiger partial charge in [-0.2, -0.15) is 0 Å². The van der Waals surface area contributed by atoms with Crippen molar-refractivity contribution >= 4 is 17.3 Å². The van der Waals surface area contributed by atoms with Gasteiger partial charge in [0.2, 0.25) is 0 Å². The van der Waals surface area contributed by atoms with Gasteiger partial charge < -0.3 is 10.6 Å². The van der Waals surface area contributed by atoms with Crippen LogP contribution >= 0.6 is 0 Å². The van der Waals surface area contributed by atoms with Gasteiger partial charge in [0.05, 0.1) is 0 Å². The van der Waals surface area contributed by atoms with E-state index in [4.69, 9.17) is 0 Å². The molecule has 4 nitrogen and oxygen atoms in total. The Labute approximate surface area is 119 Å². The van der Waals surface area contributed by atoms with Crippen LogP contribution in [0.1, 0.15) is 29.9 Å². The summed E-state index contributed by atoms with van der Waals surface area (Å²) < 4.78 is 0. The van der Waals surface area contributed by atoms with E-state index in [1.165, 1.54) is 5.56 Å². The first kappa shape index (κ1) is 14.1. The van der Waals surface area contributed by atoms with Gasteiger partial charge in [0, 0.05) is 24.1 Å². The van der Waals surface area contributed by atoms with E-state index in [1.54, 1.807) is 12.3 Å². The molecule has 0 spiro atoms. The number of rotatable bonds is 5. The molecule has 1 heterocycles. The van der Waals surface area contributed by atoms with Crippen LogP contribution in [0.2, 0.25) is 0 Å². The molecule has 0 bridgehead atoms. The molecule has 0 saturated heterocycles. The molecule has 0 aliphatic carbocycles. The van der Waals surface area contributed by atoms with E-state index in [1.807, 2.05) is 37.3 Å². The zero-order valence-corrected chi connectivity index (χ0v) is 11.8. The first-order valence-corrected chi connectivity index (χ1v) is 6.83. The smallest absolute Gasteiger partial charge is 0.274 e. The average molecular weight is 269 g/mol. The Balaban J connectivity index is 2.12. The van der Waals surface area contributed by atoms with Crippen molar-refractivity contribution in [3.05, 3.63) is 53.9 Å². The Bertz CT molecular complexity index is 596. The first-order chi connectivity index (χ1) is 9.72. The van der Waals surface area contributed by atoms with Crippen molar-refractivity contribution in [2.24, 2.45) is 0 Å². The molecule has 20 heavy (non-hydrogen) atoms. The second-order valence-corrected chi connectivity index (χ2v) is 4.47. The van der Waals surface area contributed by atoms with Crippen molar-refractivity contribution in [1.82, 2.24) is 4.98 Å². The quantitative estimate of drug-likeness (QED) is 0.875. The number of nitrogens with zero attached hydrogens (tertiary/aromatic N) is 1. The van der Waals surface area contributed by atoms with E-state index in [2.05, 4.69) is 22.5 Å². The Morgan fingerprint density at radius 2 is 2.00 bits per heavy atom. The highest BCUT2D eigenvalue weighted by molar-refractivity contribution is 6.03. The van der Waals surface area contributed by atoms with Crippen LogP contribution in [0.15, 0.2) is 42.6 Å². The lowest BCUT2D eigenvalue weighted by Gasteiger charge is -2.08. The first-order valence-electron chi connectivity index (χ1n) is 6.83. The van der Waals surface area contributed by atoms with Crippen LogP contribution in [0, 0.1) is 0 Å². The highest BCUT2D eigenvalue weighted by Gasteiger charge is 2.08. The fraction of sp³-hybridized carbons (Fsp3) is 0.250. The van der Waals surface area contributed by atoms with Gasteiger partial charge in [0.1, 0.15) is 5.69 Å². The zero-order chi connectivity index (χ0) is 14.4. The van der Waals surface area contributed by atoms with E-state index in [-0.39, 0.29) is 5.91 Å². The average Bonchev–Trinajstić information content (AvgIpc) is 2.48. The minimum absolute atomic E-state index is 0.196. The molecule has 2 rings (SSSR count). The summed E-state index contributed by atoms with van der Waals surface area (Å²) in [4.78, 5) is 16.3. The molecule has 2 N–H and O–H groups in total. The maximum absolute atomic E-state index is 12.2. The van der Waals surface area contributed by atoms with Crippen molar-refractivity contribution in [3.63, 3.8) is 0 Å². The number of benzene rings is 1. The van der Waals surface area contributed by atoms with Gasteiger partial charge in [-0.3, -0.25) is 9.78 Å². The summed E-state index contributed by atoms with van der Waals surface area (Å²) in [5, 5.41) is 6.04. The van der Waals surface area contributed by atoms with E-state index >= 15 is 0 Å². The number of aryl methyl sites for hydroxylation is 1. The summed E-state index contributed by atoms with van der Waals surface area (Å²) >= 11 is 0. The lowest BCUT2D eigenvalue weighted by molar-refractivity contribution is 0.102. The maximum atomic E-state index is 12.2. The van der Waals surface area contributed by atoms with Gasteiger partial charge in [-0.25, -0.2) is 0 Å². The summed E-state index contributed by atoms with van der Waals surface area (Å²) in [5.74, 6) is -0.196. The molecule has 1 aromatic carbocycles. The number of anilines is 2. The third-order valence-corrected chi connectivity index (χ3v) is 2.97. The summed E-state index contributed by atoms with van der Waals surface area (Å²) in [6, 6.07) is 11.4. The zero-order valence-electron chi connectivity index (χ0n) is 11.8. The van der Waals surface area contributed by atoms with Gasteiger partial charge in [0.15, 0.2) is 0 Å². The standard InChI is InChI=1S/C16H19N3O/c1-3-12-6-5-7-14(10-12)19-16(20)15-11-13(17-4-2)8-9-18-15/h5-11H,3-4H2,1-2H3,(H,17,18)(H,19,20). The van der Waals surface area contributed by atoms with Gasteiger partial charge in [0.25, 0.3) is 5.91 Å². The van der Waals surface area contributed by atoms with E-state index in [9.17, 15) is 4.79 Å². The molecule has 0 unspecified atom stereocenters. The molecular formula is C16H19N3O. The number of hydrogen-bond acceptors (Lipinski definition) is 3. The third-order valence-electron chi connectivity index (χ3n) is 2.97. The molecule has 0 fully saturated rings. The number of aromatic nitrogens is 1. The second kappa shape index (κ2) is 6.70. The van der Waals surface area contributed by atoms with Gasteiger partial charge in [-0.15, -0.1) is 0 Å². The van der Waals surface area contributed by atoms with E-state index < -0.39 is 0 Å². The molecule has 0 atom stereocenters. The molecular weight excluding hydrogens is 250 g/mol. The summed E-state index contributed by atoms with van der Waals surface area (Å²) in [6.45, 7) is 4.91. The molecule has 0 saturated carbocycles. The van der Waals surface area contributed by atoms with Crippen LogP contribution in [-0.4, -0.2) is 17.4 Å². The number of carbonyl (C=O) groups excluding carboxylic acids is 1. The molecule has 2 aromatic rings. The molecule has 104 valence electrons. The van der Waals surface area contributed by atoms with Crippen LogP contribution in [0.3, 0.4) is 0 Å². The number of amides is 1. The van der Waals surface area contributed by atoms with Crippen LogP contribution in [0.25, 0.3) is 0 Å². The topological polar surface area (TPSA) is 54.0 Å². The van der Waals surface area contributed by atoms with Crippen LogP contribution < -0.4 is 10.6 Å². The minimum Gasteiger partial charge on any atom is -0.385 e. The summed E-state index contributed by atoms with van der Waals surface area (Å²) in [5.41, 5.74) is 3.29. The normalized spacial score (nSPS) is 10.1. The Kier molecular flexibility index (Phi) is 4.71. The molecule has 0 aliphatic rings. The number of nitrogens with one attached hydrogen (secondary N) is 2. The maximum Gasteiger partial charge on any atom is 0.274 e. The monoisotopic (exact) mass is 269 g/mol. The number of pyridine rings is 1. The fourth-order valence-electron chi connectivity index (χ4n) is 1.93. The van der Waals surface area contributed by atoms with Gasteiger partial charge in [-0.1, -0.05) is 19.1 Å². The molecule has 0 radical (unpaired) electrons. The van der Waals surface area contributed by atoms with Crippen molar-refractivity contribution in [2.45, 2.75) is 20.3 Å². The van der Waals surface area contributed by atoms with E-state index in [0.29, 0.717) is 5.69 Å². The Morgan fingerprint density at radius 1 is 1.15 bits per heavy atom. The van der Waals surface area contributed by atoms with Crippen molar-refractivity contribution in [2.75, 3.05) is 17.2 Å². The summed E-state index contributed by atoms with van der Waals surface area (Å²) in [7, 11) is 0. The molecule has 4 heteroatoms. The number of carbonyl (C=O) groups is 1. The Morgan fingerprint density at radius 3 is 2.75 bits per heavy atom. The highest BCUT2D eigenvalue weighted by atomic mass is 16.1. The highest BCUT2D eigenvalue weighted by Crippen LogP contribution is 2.13. The predicted molar refractivity (Wildman–Crippen MR) is 82.2 cm³/mol. The fourth-order valence-corrected chi connectivity index (χ4v) is 1.93. The summed E-state index contributed by atoms with van der Waals surface area (Å²) in [6.07, 6.45) is 2.58. The third kappa shape index (κ3) is 3.57.